The van der Waals surface area contributed by atoms with Crippen LogP contribution in [0.15, 0.2) is 71.7 Å². The third-order valence-corrected chi connectivity index (χ3v) is 5.25. The minimum Gasteiger partial charge on any atom is -0.497 e. The van der Waals surface area contributed by atoms with E-state index in [0.717, 1.165) is 16.2 Å². The number of thiophene rings is 1. The van der Waals surface area contributed by atoms with Gasteiger partial charge in [0, 0.05) is 10.4 Å². The highest BCUT2D eigenvalue weighted by molar-refractivity contribution is 7.10. The molecule has 1 heterocycles. The van der Waals surface area contributed by atoms with Gasteiger partial charge in [-0.25, -0.2) is 0 Å². The van der Waals surface area contributed by atoms with E-state index in [4.69, 9.17) is 9.47 Å². The van der Waals surface area contributed by atoms with Gasteiger partial charge >= 0.3 is 0 Å². The van der Waals surface area contributed by atoms with E-state index >= 15 is 0 Å². The summed E-state index contributed by atoms with van der Waals surface area (Å²) in [5.74, 6) is 0.713. The summed E-state index contributed by atoms with van der Waals surface area (Å²) in [7, 11) is 1.60. The second-order valence-electron chi connectivity index (χ2n) is 6.62. The zero-order valence-electron chi connectivity index (χ0n) is 17.4. The molecule has 0 bridgehead atoms. The molecule has 0 saturated carbocycles. The molecule has 2 amide bonds. The number of rotatable bonds is 9. The van der Waals surface area contributed by atoms with Crippen molar-refractivity contribution in [3.05, 3.63) is 87.7 Å². The quantitative estimate of drug-likeness (QED) is 0.392. The smallest absolute Gasteiger partial charge is 0.267 e. The van der Waals surface area contributed by atoms with E-state index in [1.54, 1.807) is 49.6 Å². The van der Waals surface area contributed by atoms with Crippen molar-refractivity contribution < 1.29 is 19.1 Å². The zero-order chi connectivity index (χ0) is 22.1. The molecule has 7 heteroatoms. The van der Waals surface area contributed by atoms with E-state index in [-0.39, 0.29) is 30.7 Å². The lowest BCUT2D eigenvalue weighted by molar-refractivity contribution is -0.117. The summed E-state index contributed by atoms with van der Waals surface area (Å²) in [6, 6.07) is 18.2. The molecule has 0 aliphatic heterocycles. The number of methoxy groups -OCH3 is 1. The maximum Gasteiger partial charge on any atom is 0.267 e. The van der Waals surface area contributed by atoms with Gasteiger partial charge in [-0.2, -0.15) is 0 Å². The molecule has 31 heavy (non-hydrogen) atoms. The van der Waals surface area contributed by atoms with Crippen LogP contribution in [0.4, 0.5) is 0 Å². The Hall–Kier alpha value is -3.58. The van der Waals surface area contributed by atoms with Crippen molar-refractivity contribution in [2.24, 2.45) is 0 Å². The molecule has 0 fully saturated rings. The fourth-order valence-electron chi connectivity index (χ4n) is 2.79. The molecule has 0 atom stereocenters. The van der Waals surface area contributed by atoms with Crippen LogP contribution in [-0.4, -0.2) is 32.1 Å². The number of ether oxygens (including phenoxy) is 2. The van der Waals surface area contributed by atoms with Crippen LogP contribution < -0.4 is 20.1 Å². The van der Waals surface area contributed by atoms with Crippen LogP contribution in [0.3, 0.4) is 0 Å². The maximum atomic E-state index is 12.8. The minimum absolute atomic E-state index is 0.181. The lowest BCUT2D eigenvalue weighted by atomic mass is 10.1. The van der Waals surface area contributed by atoms with Crippen molar-refractivity contribution in [1.82, 2.24) is 10.6 Å². The Morgan fingerprint density at radius 1 is 1.00 bits per heavy atom. The van der Waals surface area contributed by atoms with Crippen LogP contribution in [0.2, 0.25) is 0 Å². The van der Waals surface area contributed by atoms with Gasteiger partial charge in [0.05, 0.1) is 13.7 Å². The summed E-state index contributed by atoms with van der Waals surface area (Å²) in [6.45, 7) is 2.43. The van der Waals surface area contributed by atoms with E-state index in [2.05, 4.69) is 10.6 Å². The number of benzene rings is 2. The summed E-state index contributed by atoms with van der Waals surface area (Å²) in [5.41, 5.74) is 1.54. The number of carbonyl (C=O) groups is 2. The average Bonchev–Trinajstić information content (AvgIpc) is 3.30. The molecule has 6 nitrogen and oxygen atoms in total. The predicted octanol–water partition coefficient (Wildman–Crippen LogP) is 4.03. The standard InChI is InChI=1S/C24H24N2O4S/c1-17-6-3-4-8-21(17)23(27)26-22(16-20-7-5-15-31-20)24(28)25-13-14-30-19-11-9-18(29-2)10-12-19/h3-12,15-16H,13-14H2,1-2H3,(H,25,28)(H,26,27)/b22-16-. The topological polar surface area (TPSA) is 76.7 Å². The molecule has 3 rings (SSSR count). The van der Waals surface area contributed by atoms with Gasteiger partial charge in [0.2, 0.25) is 0 Å². The lowest BCUT2D eigenvalue weighted by Gasteiger charge is -2.12. The van der Waals surface area contributed by atoms with Crippen molar-refractivity contribution in [3.8, 4) is 11.5 Å². The number of hydrogen-bond acceptors (Lipinski definition) is 5. The molecule has 0 aliphatic carbocycles. The Bertz CT molecular complexity index is 1040. The van der Waals surface area contributed by atoms with Crippen LogP contribution in [-0.2, 0) is 4.79 Å². The first kappa shape index (κ1) is 22.1. The van der Waals surface area contributed by atoms with Crippen LogP contribution >= 0.6 is 11.3 Å². The first-order valence-corrected chi connectivity index (χ1v) is 10.6. The fourth-order valence-corrected chi connectivity index (χ4v) is 3.45. The van der Waals surface area contributed by atoms with Crippen LogP contribution in [0.5, 0.6) is 11.5 Å². The van der Waals surface area contributed by atoms with Crippen molar-refractivity contribution in [2.45, 2.75) is 6.92 Å². The SMILES string of the molecule is COc1ccc(OCCNC(=O)/C(=C/c2cccs2)NC(=O)c2ccccc2C)cc1. The third kappa shape index (κ3) is 6.45. The van der Waals surface area contributed by atoms with Crippen molar-refractivity contribution in [3.63, 3.8) is 0 Å². The highest BCUT2D eigenvalue weighted by Gasteiger charge is 2.16. The monoisotopic (exact) mass is 436 g/mol. The molecule has 3 aromatic rings. The van der Waals surface area contributed by atoms with Gasteiger partial charge in [-0.05, 0) is 60.3 Å². The van der Waals surface area contributed by atoms with Crippen molar-refractivity contribution in [1.29, 1.82) is 0 Å². The molecular weight excluding hydrogens is 412 g/mol. The molecular formula is C24H24N2O4S. The second kappa shape index (κ2) is 11.0. The van der Waals surface area contributed by atoms with Gasteiger partial charge in [-0.15, -0.1) is 11.3 Å². The predicted molar refractivity (Wildman–Crippen MR) is 122 cm³/mol. The molecule has 0 radical (unpaired) electrons. The maximum absolute atomic E-state index is 12.8. The molecule has 1 aromatic heterocycles. The lowest BCUT2D eigenvalue weighted by Crippen LogP contribution is -2.36. The normalized spacial score (nSPS) is 11.0. The summed E-state index contributed by atoms with van der Waals surface area (Å²) < 4.78 is 10.7. The Balaban J connectivity index is 1.61. The minimum atomic E-state index is -0.381. The summed E-state index contributed by atoms with van der Waals surface area (Å²) in [6.07, 6.45) is 1.67. The van der Waals surface area contributed by atoms with E-state index in [1.807, 2.05) is 36.6 Å². The largest absolute Gasteiger partial charge is 0.497 e. The van der Waals surface area contributed by atoms with Crippen LogP contribution in [0.25, 0.3) is 6.08 Å². The van der Waals surface area contributed by atoms with E-state index < -0.39 is 0 Å². The summed E-state index contributed by atoms with van der Waals surface area (Å²) in [4.78, 5) is 26.3. The molecule has 2 aromatic carbocycles. The Kier molecular flexibility index (Phi) is 7.84. The fraction of sp³-hybridized carbons (Fsp3) is 0.167. The molecule has 0 saturated heterocycles. The highest BCUT2D eigenvalue weighted by Crippen LogP contribution is 2.17. The average molecular weight is 437 g/mol. The van der Waals surface area contributed by atoms with Gasteiger partial charge in [0.25, 0.3) is 11.8 Å². The Morgan fingerprint density at radius 3 is 2.42 bits per heavy atom. The number of aryl methyl sites for hydroxylation is 1. The summed E-state index contributed by atoms with van der Waals surface area (Å²) in [5, 5.41) is 7.45. The Labute approximate surface area is 185 Å². The van der Waals surface area contributed by atoms with Gasteiger partial charge in [0.1, 0.15) is 23.8 Å². The van der Waals surface area contributed by atoms with Gasteiger partial charge in [-0.3, -0.25) is 9.59 Å². The third-order valence-electron chi connectivity index (χ3n) is 4.43. The van der Waals surface area contributed by atoms with Crippen molar-refractivity contribution in [2.75, 3.05) is 20.3 Å². The number of amides is 2. The first-order chi connectivity index (χ1) is 15.1. The molecule has 0 spiro atoms. The molecule has 0 aliphatic rings. The van der Waals surface area contributed by atoms with E-state index in [1.165, 1.54) is 11.3 Å². The van der Waals surface area contributed by atoms with Gasteiger partial charge in [0.15, 0.2) is 0 Å². The number of carbonyl (C=O) groups excluding carboxylic acids is 2. The van der Waals surface area contributed by atoms with Gasteiger partial charge < -0.3 is 20.1 Å². The van der Waals surface area contributed by atoms with Crippen molar-refractivity contribution >= 4 is 29.2 Å². The highest BCUT2D eigenvalue weighted by atomic mass is 32.1. The molecule has 2 N–H and O–H groups in total. The first-order valence-electron chi connectivity index (χ1n) is 9.74. The van der Waals surface area contributed by atoms with Gasteiger partial charge in [-0.1, -0.05) is 24.3 Å². The molecule has 160 valence electrons. The zero-order valence-corrected chi connectivity index (χ0v) is 18.2. The van der Waals surface area contributed by atoms with E-state index in [9.17, 15) is 9.59 Å². The second-order valence-corrected chi connectivity index (χ2v) is 7.60. The number of nitrogens with one attached hydrogen (secondary N) is 2. The number of hydrogen-bond donors (Lipinski definition) is 2. The molecule has 0 unspecified atom stereocenters. The van der Waals surface area contributed by atoms with E-state index in [0.29, 0.717) is 11.3 Å². The summed E-state index contributed by atoms with van der Waals surface area (Å²) >= 11 is 1.48. The van der Waals surface area contributed by atoms with Crippen LogP contribution in [0, 0.1) is 6.92 Å². The van der Waals surface area contributed by atoms with Crippen LogP contribution in [0.1, 0.15) is 20.8 Å². The Morgan fingerprint density at radius 2 is 1.74 bits per heavy atom.